The zero-order valence-electron chi connectivity index (χ0n) is 12.0. The lowest BCUT2D eigenvalue weighted by Gasteiger charge is -2.44. The number of thiocarbonyl (C=S) groups is 1. The van der Waals surface area contributed by atoms with E-state index in [1.165, 1.54) is 0 Å². The number of nitrogens with one attached hydrogen (secondary N) is 2. The van der Waals surface area contributed by atoms with Crippen LogP contribution in [0.5, 0.6) is 0 Å². The summed E-state index contributed by atoms with van der Waals surface area (Å²) in [6.07, 6.45) is 3.88. The Labute approximate surface area is 134 Å². The van der Waals surface area contributed by atoms with Crippen molar-refractivity contribution in [2.45, 2.75) is 31.2 Å². The van der Waals surface area contributed by atoms with E-state index in [1.54, 1.807) is 0 Å². The monoisotopic (exact) mass is 309 g/mol. The largest absolute Gasteiger partial charge is 0.357 e. The lowest BCUT2D eigenvalue weighted by atomic mass is 9.65. The van der Waals surface area contributed by atoms with Crippen molar-refractivity contribution in [2.24, 2.45) is 5.92 Å². The molecule has 1 aromatic carbocycles. The van der Waals surface area contributed by atoms with Crippen molar-refractivity contribution < 1.29 is 4.79 Å². The smallest absolute Gasteiger partial charge is 0.255 e. The molecule has 4 nitrogen and oxygen atoms in total. The second kappa shape index (κ2) is 4.65. The number of carbonyl (C=O) groups excluding carboxylic acids is 1. The highest BCUT2D eigenvalue weighted by Gasteiger charge is 2.56. The second-order valence-electron chi connectivity index (χ2n) is 6.07. The van der Waals surface area contributed by atoms with Gasteiger partial charge in [-0.2, -0.15) is 5.26 Å². The van der Waals surface area contributed by atoms with Gasteiger partial charge in [0.05, 0.1) is 5.57 Å². The fourth-order valence-electron chi connectivity index (χ4n) is 4.14. The van der Waals surface area contributed by atoms with Crippen LogP contribution < -0.4 is 10.6 Å². The van der Waals surface area contributed by atoms with Gasteiger partial charge < -0.3 is 10.6 Å². The summed E-state index contributed by atoms with van der Waals surface area (Å²) in [4.78, 5) is 13.3. The summed E-state index contributed by atoms with van der Waals surface area (Å²) in [5.74, 6) is -0.0521. The molecule has 2 N–H and O–H groups in total. The molecule has 0 bridgehead atoms. The fourth-order valence-corrected chi connectivity index (χ4v) is 4.47. The molecule has 1 fully saturated rings. The molecule has 0 aromatic heterocycles. The maximum absolute atomic E-state index is 12.9. The first kappa shape index (κ1) is 13.5. The number of anilines is 1. The van der Waals surface area contributed by atoms with Crippen molar-refractivity contribution in [1.29, 1.82) is 5.26 Å². The van der Waals surface area contributed by atoms with Crippen LogP contribution in [0.3, 0.4) is 0 Å². The van der Waals surface area contributed by atoms with Crippen LogP contribution in [0.25, 0.3) is 0 Å². The van der Waals surface area contributed by atoms with Gasteiger partial charge in [-0.1, -0.05) is 36.8 Å². The molecule has 2 aliphatic heterocycles. The highest BCUT2D eigenvalue weighted by Crippen LogP contribution is 2.51. The van der Waals surface area contributed by atoms with Gasteiger partial charge >= 0.3 is 0 Å². The molecule has 2 heterocycles. The van der Waals surface area contributed by atoms with Crippen LogP contribution in [0.2, 0.25) is 0 Å². The molecule has 2 unspecified atom stereocenters. The molecular weight excluding hydrogens is 294 g/mol. The zero-order chi connectivity index (χ0) is 15.3. The topological polar surface area (TPSA) is 64.9 Å². The van der Waals surface area contributed by atoms with Gasteiger partial charge in [0, 0.05) is 17.2 Å². The number of carbonyl (C=O) groups is 1. The van der Waals surface area contributed by atoms with Crippen LogP contribution in [0, 0.1) is 17.2 Å². The first-order valence-electron chi connectivity index (χ1n) is 7.55. The van der Waals surface area contributed by atoms with E-state index in [0.717, 1.165) is 42.5 Å². The van der Waals surface area contributed by atoms with Crippen LogP contribution >= 0.6 is 12.2 Å². The zero-order valence-corrected chi connectivity index (χ0v) is 12.8. The first-order valence-corrected chi connectivity index (χ1v) is 7.96. The van der Waals surface area contributed by atoms with Crippen molar-refractivity contribution in [2.75, 3.05) is 5.32 Å². The number of benzene rings is 1. The van der Waals surface area contributed by atoms with E-state index in [1.807, 2.05) is 24.3 Å². The highest BCUT2D eigenvalue weighted by atomic mass is 32.1. The molecule has 5 heteroatoms. The minimum Gasteiger partial charge on any atom is -0.357 e. The van der Waals surface area contributed by atoms with Crippen molar-refractivity contribution in [3.8, 4) is 6.07 Å². The molecule has 0 radical (unpaired) electrons. The molecule has 110 valence electrons. The van der Waals surface area contributed by atoms with E-state index >= 15 is 0 Å². The van der Waals surface area contributed by atoms with Gasteiger partial charge in [0.25, 0.3) is 5.91 Å². The Hall–Kier alpha value is -2.19. The molecule has 4 rings (SSSR count). The number of amides is 1. The van der Waals surface area contributed by atoms with Crippen LogP contribution in [-0.2, 0) is 10.3 Å². The molecule has 1 spiro atoms. The van der Waals surface area contributed by atoms with Crippen molar-refractivity contribution in [3.05, 3.63) is 41.0 Å². The molecule has 3 aliphatic rings. The Morgan fingerprint density at radius 1 is 1.32 bits per heavy atom. The van der Waals surface area contributed by atoms with Crippen LogP contribution in [-0.4, -0.2) is 10.9 Å². The molecule has 1 aliphatic carbocycles. The third kappa shape index (κ3) is 1.56. The quantitative estimate of drug-likeness (QED) is 0.723. The van der Waals surface area contributed by atoms with Crippen molar-refractivity contribution >= 4 is 28.8 Å². The molecule has 1 aromatic rings. The summed E-state index contributed by atoms with van der Waals surface area (Å²) in [6.45, 7) is 0. The van der Waals surface area contributed by atoms with Gasteiger partial charge in [0.2, 0.25) is 0 Å². The number of nitriles is 1. The maximum atomic E-state index is 12.9. The van der Waals surface area contributed by atoms with Gasteiger partial charge in [-0.15, -0.1) is 0 Å². The summed E-state index contributed by atoms with van der Waals surface area (Å²) in [7, 11) is 0. The average Bonchev–Trinajstić information content (AvgIpc) is 2.81. The number of para-hydroxylation sites is 1. The number of fused-ring (bicyclic) bond motifs is 4. The fraction of sp³-hybridized carbons (Fsp3) is 0.353. The average molecular weight is 309 g/mol. The van der Waals surface area contributed by atoms with Gasteiger partial charge in [0.1, 0.15) is 11.1 Å². The van der Waals surface area contributed by atoms with Crippen molar-refractivity contribution in [1.82, 2.24) is 5.32 Å². The number of hydrogen-bond donors (Lipinski definition) is 2. The summed E-state index contributed by atoms with van der Waals surface area (Å²) in [5.41, 5.74) is 2.58. The van der Waals surface area contributed by atoms with Gasteiger partial charge in [-0.05, 0) is 30.9 Å². The lowest BCUT2D eigenvalue weighted by molar-refractivity contribution is -0.123. The van der Waals surface area contributed by atoms with Gasteiger partial charge in [-0.25, -0.2) is 0 Å². The Bertz CT molecular complexity index is 776. The lowest BCUT2D eigenvalue weighted by Crippen LogP contribution is -2.59. The number of hydrogen-bond acceptors (Lipinski definition) is 3. The summed E-state index contributed by atoms with van der Waals surface area (Å²) >= 11 is 5.41. The van der Waals surface area contributed by atoms with E-state index < -0.39 is 5.54 Å². The Morgan fingerprint density at radius 3 is 2.95 bits per heavy atom. The summed E-state index contributed by atoms with van der Waals surface area (Å²) in [5, 5.41) is 15.7. The van der Waals surface area contributed by atoms with E-state index in [0.29, 0.717) is 10.6 Å². The third-order valence-corrected chi connectivity index (χ3v) is 5.37. The minimum absolute atomic E-state index is 0.00579. The van der Waals surface area contributed by atoms with Crippen LogP contribution in [0.15, 0.2) is 35.4 Å². The molecule has 1 saturated carbocycles. The maximum Gasteiger partial charge on any atom is 0.255 e. The molecule has 0 saturated heterocycles. The van der Waals surface area contributed by atoms with Crippen molar-refractivity contribution in [3.63, 3.8) is 0 Å². The van der Waals surface area contributed by atoms with Gasteiger partial charge in [0.15, 0.2) is 5.54 Å². The van der Waals surface area contributed by atoms with E-state index in [4.69, 9.17) is 12.2 Å². The summed E-state index contributed by atoms with van der Waals surface area (Å²) < 4.78 is 0. The SMILES string of the molecule is N#CC1=C2CCCCC2C2(NC1=S)C(=O)Nc1ccccc12. The predicted molar refractivity (Wildman–Crippen MR) is 87.1 cm³/mol. The number of nitrogens with zero attached hydrogens (tertiary/aromatic N) is 1. The summed E-state index contributed by atoms with van der Waals surface area (Å²) in [6, 6.07) is 9.99. The Balaban J connectivity index is 1.97. The van der Waals surface area contributed by atoms with Gasteiger partial charge in [-0.3, -0.25) is 4.79 Å². The Morgan fingerprint density at radius 2 is 2.14 bits per heavy atom. The van der Waals surface area contributed by atoms with Crippen LogP contribution in [0.4, 0.5) is 5.69 Å². The highest BCUT2D eigenvalue weighted by molar-refractivity contribution is 7.80. The normalized spacial score (nSPS) is 29.5. The molecule has 22 heavy (non-hydrogen) atoms. The first-order chi connectivity index (χ1) is 10.7. The minimum atomic E-state index is -0.843. The molecule has 1 amide bonds. The molecule has 2 atom stereocenters. The molecular formula is C17H15N3OS. The van der Waals surface area contributed by atoms with E-state index in [2.05, 4.69) is 16.7 Å². The standard InChI is InChI=1S/C17H15N3OS/c18-9-11-10-5-1-2-6-12(10)17(20-15(11)22)13-7-3-4-8-14(13)19-16(17)21/h3-4,7-8,12H,1-2,5-6H2,(H,19,21)(H,20,22). The van der Waals surface area contributed by atoms with E-state index in [-0.39, 0.29) is 11.8 Å². The third-order valence-electron chi connectivity index (χ3n) is 5.06. The number of rotatable bonds is 0. The second-order valence-corrected chi connectivity index (χ2v) is 6.48. The Kier molecular flexibility index (Phi) is 2.85. The predicted octanol–water partition coefficient (Wildman–Crippen LogP) is 2.77. The van der Waals surface area contributed by atoms with Crippen LogP contribution in [0.1, 0.15) is 31.2 Å². The van der Waals surface area contributed by atoms with E-state index in [9.17, 15) is 10.1 Å².